The van der Waals surface area contributed by atoms with Crippen LogP contribution in [-0.2, 0) is 0 Å². The van der Waals surface area contributed by atoms with Crippen molar-refractivity contribution in [1.82, 2.24) is 0 Å². The van der Waals surface area contributed by atoms with Crippen LogP contribution in [0.1, 0.15) is 16.8 Å². The van der Waals surface area contributed by atoms with E-state index >= 15 is 0 Å². The van der Waals surface area contributed by atoms with Crippen LogP contribution in [0.25, 0.3) is 0 Å². The van der Waals surface area contributed by atoms with Crippen molar-refractivity contribution < 1.29 is 24.1 Å². The number of ether oxygens (including phenoxy) is 2. The molecular formula is C19H22N3O5+. The summed E-state index contributed by atoms with van der Waals surface area (Å²) in [4.78, 5) is 27.1. The highest BCUT2D eigenvalue weighted by molar-refractivity contribution is 6.12. The molecule has 0 aliphatic carbocycles. The molecule has 3 rings (SSSR count). The first-order valence-electron chi connectivity index (χ1n) is 8.66. The third-order valence-corrected chi connectivity index (χ3v) is 4.38. The fourth-order valence-electron chi connectivity index (χ4n) is 3.08. The van der Waals surface area contributed by atoms with Gasteiger partial charge < -0.3 is 19.3 Å². The van der Waals surface area contributed by atoms with Gasteiger partial charge in [-0.3, -0.25) is 14.9 Å². The van der Waals surface area contributed by atoms with E-state index < -0.39 is 10.8 Å². The molecule has 1 heterocycles. The summed E-state index contributed by atoms with van der Waals surface area (Å²) in [6.07, 6.45) is 0.752. The Labute approximate surface area is 157 Å². The molecule has 2 aromatic carbocycles. The van der Waals surface area contributed by atoms with Gasteiger partial charge in [0.15, 0.2) is 17.1 Å². The van der Waals surface area contributed by atoms with Gasteiger partial charge in [-0.1, -0.05) is 12.1 Å². The fraction of sp³-hybridized carbons (Fsp3) is 0.316. The van der Waals surface area contributed by atoms with Gasteiger partial charge in [-0.05, 0) is 12.1 Å². The van der Waals surface area contributed by atoms with E-state index in [2.05, 4.69) is 0 Å². The Morgan fingerprint density at radius 3 is 2.63 bits per heavy atom. The molecular weight excluding hydrogens is 350 g/mol. The summed E-state index contributed by atoms with van der Waals surface area (Å²) in [6.45, 7) is 1.30. The molecule has 0 radical (unpaired) electrons. The molecule has 8 nitrogen and oxygen atoms in total. The lowest BCUT2D eigenvalue weighted by Gasteiger charge is -2.22. The van der Waals surface area contributed by atoms with Crippen molar-refractivity contribution in [2.24, 2.45) is 0 Å². The lowest BCUT2D eigenvalue weighted by Crippen LogP contribution is -3.05. The van der Waals surface area contributed by atoms with E-state index in [1.54, 1.807) is 23.1 Å². The zero-order valence-electron chi connectivity index (χ0n) is 15.5. The van der Waals surface area contributed by atoms with Gasteiger partial charge in [0.25, 0.3) is 11.6 Å². The molecule has 0 unspecified atom stereocenters. The van der Waals surface area contributed by atoms with Crippen molar-refractivity contribution in [2.45, 2.75) is 6.42 Å². The number of anilines is 1. The summed E-state index contributed by atoms with van der Waals surface area (Å²) >= 11 is 0. The number of benzene rings is 2. The second-order valence-electron chi connectivity index (χ2n) is 6.61. The minimum Gasteiger partial charge on any atom is -0.496 e. The van der Waals surface area contributed by atoms with Crippen molar-refractivity contribution in [2.75, 3.05) is 39.2 Å². The molecule has 1 N–H and O–H groups in total. The zero-order valence-corrected chi connectivity index (χ0v) is 15.5. The molecule has 27 heavy (non-hydrogen) atoms. The summed E-state index contributed by atoms with van der Waals surface area (Å²) in [6, 6.07) is 9.89. The number of amides is 1. The van der Waals surface area contributed by atoms with Crippen LogP contribution < -0.4 is 19.3 Å². The third-order valence-electron chi connectivity index (χ3n) is 4.38. The summed E-state index contributed by atoms with van der Waals surface area (Å²) in [5.74, 6) is 0.414. The molecule has 1 aliphatic rings. The number of nitro groups is 1. The first-order valence-corrected chi connectivity index (χ1v) is 8.66. The van der Waals surface area contributed by atoms with Crippen LogP contribution in [0.3, 0.4) is 0 Å². The number of rotatable bonds is 6. The van der Waals surface area contributed by atoms with Gasteiger partial charge in [-0.2, -0.15) is 0 Å². The number of nitrogens with one attached hydrogen (secondary N) is 1. The quantitative estimate of drug-likeness (QED) is 0.618. The fourth-order valence-corrected chi connectivity index (χ4v) is 3.08. The molecule has 0 aromatic heterocycles. The lowest BCUT2D eigenvalue weighted by atomic mass is 10.1. The number of quaternary nitrogens is 1. The highest BCUT2D eigenvalue weighted by Crippen LogP contribution is 2.43. The van der Waals surface area contributed by atoms with E-state index in [0.717, 1.165) is 13.0 Å². The summed E-state index contributed by atoms with van der Waals surface area (Å²) in [7, 11) is 5.48. The Balaban J connectivity index is 2.13. The predicted molar refractivity (Wildman–Crippen MR) is 100 cm³/mol. The molecule has 0 saturated heterocycles. The average molecular weight is 372 g/mol. The Bertz CT molecular complexity index is 882. The minimum atomic E-state index is -0.583. The predicted octanol–water partition coefficient (Wildman–Crippen LogP) is 1.89. The molecule has 1 amide bonds. The lowest BCUT2D eigenvalue weighted by molar-refractivity contribution is -0.858. The number of hydrogen-bond donors (Lipinski definition) is 1. The molecule has 2 aromatic rings. The van der Waals surface area contributed by atoms with Gasteiger partial charge in [0.05, 0.1) is 44.4 Å². The number of methoxy groups -OCH3 is 1. The second-order valence-corrected chi connectivity index (χ2v) is 6.61. The molecule has 0 fully saturated rings. The summed E-state index contributed by atoms with van der Waals surface area (Å²) in [5.41, 5.74) is 0.209. The SMILES string of the molecule is COc1cc2c(c([N+](=O)[O-])c1)C(=O)N(CCC[NH+](C)C)c1ccccc1O2. The van der Waals surface area contributed by atoms with Gasteiger partial charge in [0.1, 0.15) is 5.75 Å². The monoisotopic (exact) mass is 372 g/mol. The van der Waals surface area contributed by atoms with Crippen LogP contribution in [0.15, 0.2) is 36.4 Å². The third kappa shape index (κ3) is 3.70. The average Bonchev–Trinajstić information content (AvgIpc) is 2.75. The molecule has 0 spiro atoms. The van der Waals surface area contributed by atoms with Crippen LogP contribution in [-0.4, -0.2) is 45.1 Å². The van der Waals surface area contributed by atoms with Crippen LogP contribution in [0.5, 0.6) is 17.2 Å². The first-order chi connectivity index (χ1) is 12.9. The molecule has 0 bridgehead atoms. The standard InChI is InChI=1S/C19H21N3O5/c1-20(2)9-6-10-21-14-7-4-5-8-16(14)27-17-12-13(26-3)11-15(22(24)25)18(17)19(21)23/h4-5,7-8,11-12H,6,9-10H2,1-3H3/p+1. The van der Waals surface area contributed by atoms with Gasteiger partial charge >= 0.3 is 0 Å². The maximum atomic E-state index is 13.3. The Kier molecular flexibility index (Phi) is 5.27. The molecule has 142 valence electrons. The van der Waals surface area contributed by atoms with Crippen molar-refractivity contribution in [3.63, 3.8) is 0 Å². The van der Waals surface area contributed by atoms with E-state index in [4.69, 9.17) is 9.47 Å². The van der Waals surface area contributed by atoms with Crippen molar-refractivity contribution >= 4 is 17.3 Å². The van der Waals surface area contributed by atoms with Crippen LogP contribution in [0, 0.1) is 10.1 Å². The topological polar surface area (TPSA) is 86.3 Å². The van der Waals surface area contributed by atoms with Gasteiger partial charge in [-0.15, -0.1) is 0 Å². The van der Waals surface area contributed by atoms with Crippen molar-refractivity contribution in [3.05, 3.63) is 52.1 Å². The van der Waals surface area contributed by atoms with Crippen molar-refractivity contribution in [3.8, 4) is 17.2 Å². The maximum absolute atomic E-state index is 13.3. The molecule has 0 atom stereocenters. The zero-order chi connectivity index (χ0) is 19.6. The number of carbonyl (C=O) groups is 1. The van der Waals surface area contributed by atoms with E-state index in [0.29, 0.717) is 18.0 Å². The van der Waals surface area contributed by atoms with Gasteiger partial charge in [0.2, 0.25) is 0 Å². The number of hydrogen-bond acceptors (Lipinski definition) is 5. The highest BCUT2D eigenvalue weighted by Gasteiger charge is 2.35. The number of para-hydroxylation sites is 2. The Hall–Kier alpha value is -3.13. The molecule has 1 aliphatic heterocycles. The van der Waals surface area contributed by atoms with E-state index in [9.17, 15) is 14.9 Å². The van der Waals surface area contributed by atoms with E-state index in [1.807, 2.05) is 20.2 Å². The summed E-state index contributed by atoms with van der Waals surface area (Å²) in [5, 5.41) is 11.6. The molecule has 0 saturated carbocycles. The van der Waals surface area contributed by atoms with E-state index in [-0.39, 0.29) is 22.7 Å². The minimum absolute atomic E-state index is 0.0609. The number of nitro benzene ring substituents is 1. The second kappa shape index (κ2) is 7.63. The van der Waals surface area contributed by atoms with Crippen LogP contribution in [0.2, 0.25) is 0 Å². The molecule has 8 heteroatoms. The first kappa shape index (κ1) is 18.7. The smallest absolute Gasteiger partial charge is 0.289 e. The maximum Gasteiger partial charge on any atom is 0.289 e. The largest absolute Gasteiger partial charge is 0.496 e. The normalized spacial score (nSPS) is 12.9. The number of nitrogens with zero attached hydrogens (tertiary/aromatic N) is 2. The Morgan fingerprint density at radius 1 is 1.22 bits per heavy atom. The highest BCUT2D eigenvalue weighted by atomic mass is 16.6. The van der Waals surface area contributed by atoms with Crippen molar-refractivity contribution in [1.29, 1.82) is 0 Å². The van der Waals surface area contributed by atoms with Crippen LogP contribution >= 0.6 is 0 Å². The number of carbonyl (C=O) groups excluding carboxylic acids is 1. The summed E-state index contributed by atoms with van der Waals surface area (Å²) < 4.78 is 11.1. The van der Waals surface area contributed by atoms with Gasteiger partial charge in [-0.25, -0.2) is 0 Å². The Morgan fingerprint density at radius 2 is 1.96 bits per heavy atom. The number of fused-ring (bicyclic) bond motifs is 2. The van der Waals surface area contributed by atoms with Gasteiger partial charge in [0, 0.05) is 19.0 Å². The van der Waals surface area contributed by atoms with E-state index in [1.165, 1.54) is 24.1 Å². The van der Waals surface area contributed by atoms with Crippen LogP contribution in [0.4, 0.5) is 11.4 Å².